The molecule has 33 heavy (non-hydrogen) atoms. The minimum absolute atomic E-state index is 0.102. The largest absolute Gasteiger partial charge is 0.490 e. The van der Waals surface area contributed by atoms with E-state index in [9.17, 15) is 9.18 Å². The summed E-state index contributed by atoms with van der Waals surface area (Å²) in [6.07, 6.45) is 1.83. The minimum Gasteiger partial charge on any atom is -0.490 e. The molecule has 0 atom stereocenters. The van der Waals surface area contributed by atoms with Crippen molar-refractivity contribution in [2.45, 2.75) is 13.5 Å². The topological polar surface area (TPSA) is 52.8 Å². The summed E-state index contributed by atoms with van der Waals surface area (Å²) in [4.78, 5) is 18.3. The summed E-state index contributed by atoms with van der Waals surface area (Å²) in [7, 11) is 0. The summed E-state index contributed by atoms with van der Waals surface area (Å²) in [6.45, 7) is 2.61. The van der Waals surface area contributed by atoms with Crippen LogP contribution < -0.4 is 19.6 Å². The molecule has 2 heterocycles. The van der Waals surface area contributed by atoms with Gasteiger partial charge >= 0.3 is 0 Å². The van der Waals surface area contributed by atoms with Crippen molar-refractivity contribution in [1.29, 1.82) is 0 Å². The Balaban J connectivity index is 1.52. The number of imidazole rings is 1. The molecule has 5 aromatic rings. The fraction of sp³-hybridized carbons (Fsp3) is 0.120. The summed E-state index contributed by atoms with van der Waals surface area (Å²) >= 11 is 4.92. The Labute approximate surface area is 200 Å². The van der Waals surface area contributed by atoms with Crippen molar-refractivity contribution in [3.05, 3.63) is 97.0 Å². The zero-order valence-corrected chi connectivity index (χ0v) is 20.0. The Morgan fingerprint density at radius 2 is 1.91 bits per heavy atom. The molecule has 0 saturated heterocycles. The van der Waals surface area contributed by atoms with Crippen LogP contribution in [0.25, 0.3) is 22.1 Å². The van der Waals surface area contributed by atoms with Gasteiger partial charge in [0, 0.05) is 0 Å². The quantitative estimate of drug-likeness (QED) is 0.301. The van der Waals surface area contributed by atoms with Gasteiger partial charge in [0.15, 0.2) is 16.5 Å². The zero-order chi connectivity index (χ0) is 22.9. The maximum Gasteiger partial charge on any atom is 0.274 e. The van der Waals surface area contributed by atoms with Crippen LogP contribution in [0, 0.1) is 5.82 Å². The molecule has 0 fully saturated rings. The average Bonchev–Trinajstić information content (AvgIpc) is 3.31. The molecule has 5 rings (SSSR count). The van der Waals surface area contributed by atoms with Crippen LogP contribution in [-0.2, 0) is 6.61 Å². The number of rotatable bonds is 6. The third-order valence-electron chi connectivity index (χ3n) is 5.07. The van der Waals surface area contributed by atoms with Crippen molar-refractivity contribution < 1.29 is 13.9 Å². The average molecular weight is 525 g/mol. The number of ether oxygens (including phenoxy) is 2. The predicted octanol–water partition coefficient (Wildman–Crippen LogP) is 5.34. The van der Waals surface area contributed by atoms with E-state index in [-0.39, 0.29) is 18.0 Å². The fourth-order valence-corrected chi connectivity index (χ4v) is 5.13. The number of hydrogen-bond acceptors (Lipinski definition) is 5. The Kier molecular flexibility index (Phi) is 5.86. The first-order chi connectivity index (χ1) is 16.0. The maximum absolute atomic E-state index is 13.2. The number of nitrogens with zero attached hydrogens (tertiary/aromatic N) is 2. The van der Waals surface area contributed by atoms with E-state index in [4.69, 9.17) is 9.47 Å². The highest BCUT2D eigenvalue weighted by atomic mass is 79.9. The molecule has 0 N–H and O–H groups in total. The second-order valence-corrected chi connectivity index (χ2v) is 9.18. The summed E-state index contributed by atoms with van der Waals surface area (Å²) in [5.74, 6) is 0.814. The highest BCUT2D eigenvalue weighted by molar-refractivity contribution is 9.10. The first-order valence-corrected chi connectivity index (χ1v) is 11.9. The summed E-state index contributed by atoms with van der Waals surface area (Å²) in [6, 6.07) is 17.5. The molecule has 0 amide bonds. The van der Waals surface area contributed by atoms with E-state index in [2.05, 4.69) is 20.9 Å². The standard InChI is InChI=1S/C25H18BrFN2O3S/c1-2-31-21-12-16(11-18(26)23(21)32-14-15-7-9-17(27)10-8-15)13-22-24(30)29-20-6-4-3-5-19(20)28-25(29)33-22/h3-13H,2,14H2,1H3. The lowest BCUT2D eigenvalue weighted by Gasteiger charge is -2.14. The predicted molar refractivity (Wildman–Crippen MR) is 132 cm³/mol. The van der Waals surface area contributed by atoms with Gasteiger partial charge < -0.3 is 9.47 Å². The van der Waals surface area contributed by atoms with Gasteiger partial charge in [-0.2, -0.15) is 0 Å². The second-order valence-electron chi connectivity index (χ2n) is 7.31. The molecule has 5 nitrogen and oxygen atoms in total. The van der Waals surface area contributed by atoms with Gasteiger partial charge in [0.2, 0.25) is 0 Å². The first-order valence-electron chi connectivity index (χ1n) is 10.3. The number of fused-ring (bicyclic) bond motifs is 3. The number of benzene rings is 3. The van der Waals surface area contributed by atoms with Crippen LogP contribution in [-0.4, -0.2) is 16.0 Å². The minimum atomic E-state index is -0.290. The number of hydrogen-bond donors (Lipinski definition) is 0. The van der Waals surface area contributed by atoms with E-state index in [0.717, 1.165) is 22.2 Å². The van der Waals surface area contributed by atoms with Crippen LogP contribution >= 0.6 is 27.3 Å². The van der Waals surface area contributed by atoms with Gasteiger partial charge in [-0.05, 0) is 76.5 Å². The normalized spacial score (nSPS) is 12.0. The molecule has 0 aliphatic heterocycles. The summed E-state index contributed by atoms with van der Waals surface area (Å²) < 4.78 is 27.9. The molecular formula is C25H18BrFN2O3S. The van der Waals surface area contributed by atoms with E-state index in [0.29, 0.717) is 32.1 Å². The number of aromatic nitrogens is 2. The van der Waals surface area contributed by atoms with Gasteiger partial charge in [0.25, 0.3) is 5.56 Å². The van der Waals surface area contributed by atoms with E-state index in [1.807, 2.05) is 49.4 Å². The monoisotopic (exact) mass is 524 g/mol. The van der Waals surface area contributed by atoms with E-state index < -0.39 is 0 Å². The van der Waals surface area contributed by atoms with Gasteiger partial charge in [-0.1, -0.05) is 35.6 Å². The molecule has 8 heteroatoms. The number of halogens is 2. The molecule has 0 saturated carbocycles. The van der Waals surface area contributed by atoms with Gasteiger partial charge in [0.1, 0.15) is 12.4 Å². The Morgan fingerprint density at radius 1 is 1.12 bits per heavy atom. The SMILES string of the molecule is CCOc1cc(C=c2sc3nc4ccccc4n3c2=O)cc(Br)c1OCc1ccc(F)cc1. The summed E-state index contributed by atoms with van der Waals surface area (Å²) in [5.41, 5.74) is 3.14. The highest BCUT2D eigenvalue weighted by Gasteiger charge is 2.14. The molecule has 0 radical (unpaired) electrons. The van der Waals surface area contributed by atoms with Gasteiger partial charge in [-0.15, -0.1) is 0 Å². The first kappa shape index (κ1) is 21.6. The van der Waals surface area contributed by atoms with Crippen LogP contribution in [0.3, 0.4) is 0 Å². The van der Waals surface area contributed by atoms with Gasteiger partial charge in [0.05, 0.1) is 26.6 Å². The van der Waals surface area contributed by atoms with Crippen LogP contribution in [0.2, 0.25) is 0 Å². The molecule has 2 aromatic heterocycles. The highest BCUT2D eigenvalue weighted by Crippen LogP contribution is 2.37. The Hall–Kier alpha value is -3.23. The molecule has 0 aliphatic rings. The van der Waals surface area contributed by atoms with Crippen molar-refractivity contribution in [2.75, 3.05) is 6.61 Å². The van der Waals surface area contributed by atoms with E-state index in [1.165, 1.54) is 23.5 Å². The lowest BCUT2D eigenvalue weighted by molar-refractivity contribution is 0.267. The molecule has 3 aromatic carbocycles. The van der Waals surface area contributed by atoms with Crippen molar-refractivity contribution in [3.63, 3.8) is 0 Å². The fourth-order valence-electron chi connectivity index (χ4n) is 3.57. The molecule has 0 spiro atoms. The third-order valence-corrected chi connectivity index (χ3v) is 6.63. The van der Waals surface area contributed by atoms with E-state index in [1.54, 1.807) is 16.5 Å². The van der Waals surface area contributed by atoms with Crippen molar-refractivity contribution in [2.24, 2.45) is 0 Å². The van der Waals surface area contributed by atoms with Crippen molar-refractivity contribution >= 4 is 49.3 Å². The number of thiazole rings is 1. The zero-order valence-electron chi connectivity index (χ0n) is 17.5. The smallest absolute Gasteiger partial charge is 0.274 e. The molecule has 166 valence electrons. The maximum atomic E-state index is 13.2. The van der Waals surface area contributed by atoms with Crippen LogP contribution in [0.15, 0.2) is 69.9 Å². The van der Waals surface area contributed by atoms with Crippen LogP contribution in [0.4, 0.5) is 4.39 Å². The molecule has 0 unspecified atom stereocenters. The molecule has 0 aliphatic carbocycles. The lowest BCUT2D eigenvalue weighted by Crippen LogP contribution is -2.22. The van der Waals surface area contributed by atoms with Gasteiger partial charge in [-0.25, -0.2) is 13.8 Å². The Bertz CT molecular complexity index is 1580. The molecular weight excluding hydrogens is 507 g/mol. The lowest BCUT2D eigenvalue weighted by atomic mass is 10.2. The van der Waals surface area contributed by atoms with E-state index >= 15 is 0 Å². The van der Waals surface area contributed by atoms with Crippen LogP contribution in [0.1, 0.15) is 18.1 Å². The third kappa shape index (κ3) is 4.24. The summed E-state index contributed by atoms with van der Waals surface area (Å²) in [5, 5.41) is 0. The van der Waals surface area contributed by atoms with Gasteiger partial charge in [-0.3, -0.25) is 4.79 Å². The molecule has 0 bridgehead atoms. The van der Waals surface area contributed by atoms with Crippen molar-refractivity contribution in [1.82, 2.24) is 9.38 Å². The second kappa shape index (κ2) is 8.96. The van der Waals surface area contributed by atoms with Crippen LogP contribution in [0.5, 0.6) is 11.5 Å². The Morgan fingerprint density at radius 3 is 2.70 bits per heavy atom. The van der Waals surface area contributed by atoms with Crippen molar-refractivity contribution in [3.8, 4) is 11.5 Å². The number of para-hydroxylation sites is 2.